The highest BCUT2D eigenvalue weighted by atomic mass is 79.9. The number of hydrogen-bond acceptors (Lipinski definition) is 0. The second kappa shape index (κ2) is 4.15. The van der Waals surface area contributed by atoms with Gasteiger partial charge >= 0.3 is 0 Å². The van der Waals surface area contributed by atoms with Gasteiger partial charge in [0.15, 0.2) is 0 Å². The van der Waals surface area contributed by atoms with Gasteiger partial charge in [-0.1, -0.05) is 45.2 Å². The maximum absolute atomic E-state index is 6.15. The molecule has 0 amide bonds. The Labute approximate surface area is 121 Å². The molecule has 3 fully saturated rings. The summed E-state index contributed by atoms with van der Waals surface area (Å²) in [5, 5.41) is 1.35. The number of fused-ring (bicyclic) bond motifs is 3. The van der Waals surface area contributed by atoms with Gasteiger partial charge in [0, 0.05) is 4.32 Å². The van der Waals surface area contributed by atoms with Crippen LogP contribution < -0.4 is 0 Å². The maximum Gasteiger partial charge on any atom is 0.0595 e. The normalized spacial score (nSPS) is 36.2. The second-order valence-corrected chi connectivity index (χ2v) is 8.06. The molecule has 0 saturated heterocycles. The first-order valence-electron chi connectivity index (χ1n) is 6.18. The minimum Gasteiger partial charge on any atom is -0.0853 e. The van der Waals surface area contributed by atoms with Crippen LogP contribution in [0.5, 0.6) is 0 Å². The second-order valence-electron chi connectivity index (χ2n) is 5.56. The van der Waals surface area contributed by atoms with Crippen molar-refractivity contribution in [3.05, 3.63) is 33.8 Å². The monoisotopic (exact) mass is 332 g/mol. The summed E-state index contributed by atoms with van der Waals surface area (Å²) < 4.78 is 0.435. The van der Waals surface area contributed by atoms with Gasteiger partial charge in [0.2, 0.25) is 0 Å². The van der Waals surface area contributed by atoms with Crippen molar-refractivity contribution in [2.24, 2.45) is 0 Å². The average molecular weight is 334 g/mol. The first kappa shape index (κ1) is 12.3. The molecule has 0 unspecified atom stereocenters. The molecule has 3 heteroatoms. The van der Waals surface area contributed by atoms with Crippen molar-refractivity contribution in [3.8, 4) is 0 Å². The Kier molecular flexibility index (Phi) is 3.00. The van der Waals surface area contributed by atoms with Crippen LogP contribution >= 0.6 is 39.1 Å². The van der Waals surface area contributed by atoms with E-state index in [9.17, 15) is 0 Å². The van der Waals surface area contributed by atoms with Gasteiger partial charge in [-0.2, -0.15) is 0 Å². The largest absolute Gasteiger partial charge is 0.0853 e. The van der Waals surface area contributed by atoms with E-state index in [1.165, 1.54) is 44.1 Å². The van der Waals surface area contributed by atoms with Crippen molar-refractivity contribution in [1.82, 2.24) is 0 Å². The molecule has 2 bridgehead atoms. The van der Waals surface area contributed by atoms with Crippen LogP contribution in [0.2, 0.25) is 10.0 Å². The zero-order valence-electron chi connectivity index (χ0n) is 9.61. The topological polar surface area (TPSA) is 0 Å². The lowest BCUT2D eigenvalue weighted by Gasteiger charge is -2.51. The number of benzene rings is 1. The molecular formula is C14H15BrCl2. The van der Waals surface area contributed by atoms with Crippen LogP contribution in [0.15, 0.2) is 18.2 Å². The van der Waals surface area contributed by atoms with Crippen molar-refractivity contribution < 1.29 is 0 Å². The molecule has 92 valence electrons. The van der Waals surface area contributed by atoms with Crippen LogP contribution in [0.1, 0.15) is 44.1 Å². The van der Waals surface area contributed by atoms with Crippen LogP contribution in [0.4, 0.5) is 0 Å². The van der Waals surface area contributed by atoms with E-state index in [4.69, 9.17) is 23.2 Å². The highest BCUT2D eigenvalue weighted by Gasteiger charge is 2.48. The minimum atomic E-state index is 0.365. The zero-order chi connectivity index (χ0) is 12.1. The number of hydrogen-bond donors (Lipinski definition) is 0. The molecule has 17 heavy (non-hydrogen) atoms. The van der Waals surface area contributed by atoms with Crippen molar-refractivity contribution in [2.45, 2.75) is 48.3 Å². The summed E-state index contributed by atoms with van der Waals surface area (Å²) in [5.41, 5.74) is 1.75. The van der Waals surface area contributed by atoms with E-state index in [2.05, 4.69) is 28.1 Å². The van der Waals surface area contributed by atoms with Gasteiger partial charge < -0.3 is 0 Å². The molecule has 3 saturated carbocycles. The first-order chi connectivity index (χ1) is 8.03. The molecule has 0 heterocycles. The molecule has 0 aliphatic heterocycles. The van der Waals surface area contributed by atoms with Crippen LogP contribution in [0.25, 0.3) is 0 Å². The van der Waals surface area contributed by atoms with Crippen LogP contribution in [0, 0.1) is 0 Å². The molecule has 0 radical (unpaired) electrons. The third-order valence-electron chi connectivity index (χ3n) is 4.69. The van der Waals surface area contributed by atoms with Gasteiger partial charge in [-0.15, -0.1) is 0 Å². The van der Waals surface area contributed by atoms with Crippen molar-refractivity contribution in [1.29, 1.82) is 0 Å². The van der Waals surface area contributed by atoms with Gasteiger partial charge in [0.25, 0.3) is 0 Å². The maximum atomic E-state index is 6.15. The Morgan fingerprint density at radius 3 is 2.00 bits per heavy atom. The van der Waals surface area contributed by atoms with E-state index in [1.54, 1.807) is 0 Å². The summed E-state index contributed by atoms with van der Waals surface area (Å²) in [6, 6.07) is 6.19. The highest BCUT2D eigenvalue weighted by Crippen LogP contribution is 2.57. The van der Waals surface area contributed by atoms with Gasteiger partial charge in [0.1, 0.15) is 0 Å². The Morgan fingerprint density at radius 2 is 1.47 bits per heavy atom. The molecule has 0 N–H and O–H groups in total. The quantitative estimate of drug-likeness (QED) is 0.575. The summed E-state index contributed by atoms with van der Waals surface area (Å²) in [5.74, 6) is 0. The van der Waals surface area contributed by atoms with Crippen molar-refractivity contribution in [3.63, 3.8) is 0 Å². The number of halogens is 3. The Morgan fingerprint density at radius 1 is 0.882 bits per heavy atom. The molecule has 3 aliphatic carbocycles. The average Bonchev–Trinajstić information content (AvgIpc) is 2.34. The zero-order valence-corrected chi connectivity index (χ0v) is 12.7. The Hall–Kier alpha value is 0.280. The molecule has 0 atom stereocenters. The lowest BCUT2D eigenvalue weighted by atomic mass is 9.58. The smallest absolute Gasteiger partial charge is 0.0595 e. The van der Waals surface area contributed by atoms with Crippen molar-refractivity contribution in [2.75, 3.05) is 0 Å². The standard InChI is InChI=1S/C14H15BrCl2/c15-14-6-3-13(4-7-14,5-8-14)10-1-2-11(16)12(17)9-10/h1-2,9H,3-8H2. The molecule has 0 nitrogen and oxygen atoms in total. The van der Waals surface area contributed by atoms with E-state index < -0.39 is 0 Å². The molecule has 1 aromatic carbocycles. The molecule has 4 rings (SSSR count). The minimum absolute atomic E-state index is 0.365. The van der Waals surface area contributed by atoms with Gasteiger partial charge in [-0.3, -0.25) is 0 Å². The molecule has 0 aromatic heterocycles. The fourth-order valence-corrected chi connectivity index (χ4v) is 4.29. The summed E-state index contributed by atoms with van der Waals surface area (Å²) >= 11 is 16.1. The fraction of sp³-hybridized carbons (Fsp3) is 0.571. The first-order valence-corrected chi connectivity index (χ1v) is 7.73. The SMILES string of the molecule is Clc1ccc(C23CCC(Br)(CC2)CC3)cc1Cl. The third-order valence-corrected chi connectivity index (χ3v) is 6.62. The van der Waals surface area contributed by atoms with Gasteiger partial charge in [0.05, 0.1) is 10.0 Å². The molecular weight excluding hydrogens is 319 g/mol. The molecule has 1 aromatic rings. The van der Waals surface area contributed by atoms with E-state index >= 15 is 0 Å². The summed E-state index contributed by atoms with van der Waals surface area (Å²) in [6.07, 6.45) is 7.68. The summed E-state index contributed by atoms with van der Waals surface area (Å²) in [6.45, 7) is 0. The van der Waals surface area contributed by atoms with E-state index in [-0.39, 0.29) is 0 Å². The van der Waals surface area contributed by atoms with Gasteiger partial charge in [-0.25, -0.2) is 0 Å². The van der Waals surface area contributed by atoms with E-state index in [0.717, 1.165) is 0 Å². The van der Waals surface area contributed by atoms with E-state index in [1.807, 2.05) is 6.07 Å². The lowest BCUT2D eigenvalue weighted by Crippen LogP contribution is -2.44. The predicted molar refractivity (Wildman–Crippen MR) is 77.5 cm³/mol. The number of rotatable bonds is 1. The van der Waals surface area contributed by atoms with Crippen LogP contribution in [-0.4, -0.2) is 4.32 Å². The fourth-order valence-electron chi connectivity index (χ4n) is 3.40. The van der Waals surface area contributed by atoms with Gasteiger partial charge in [-0.05, 0) is 61.6 Å². The summed E-state index contributed by atoms with van der Waals surface area (Å²) in [4.78, 5) is 0. The van der Waals surface area contributed by atoms with Crippen LogP contribution in [-0.2, 0) is 5.41 Å². The Bertz CT molecular complexity index is 431. The van der Waals surface area contributed by atoms with Crippen LogP contribution in [0.3, 0.4) is 0 Å². The van der Waals surface area contributed by atoms with E-state index in [0.29, 0.717) is 19.8 Å². The highest BCUT2D eigenvalue weighted by molar-refractivity contribution is 9.10. The van der Waals surface area contributed by atoms with Crippen molar-refractivity contribution >= 4 is 39.1 Å². The summed E-state index contributed by atoms with van der Waals surface area (Å²) in [7, 11) is 0. The molecule has 3 aliphatic rings. The number of alkyl halides is 1. The lowest BCUT2D eigenvalue weighted by molar-refractivity contribution is 0.162. The third kappa shape index (κ3) is 2.05. The predicted octanol–water partition coefficient (Wildman–Crippen LogP) is 5.73. The Balaban J connectivity index is 1.96. The molecule has 0 spiro atoms.